The smallest absolute Gasteiger partial charge is 0.347 e. The standard InChI is InChI=1S/C15H11ClO5/c1-6-12-8-3-7(20-2)4-9(17)13(8)15(19)21-11(12)5-10(18)14(6)16/h3-5,17-18H,1-2H3. The fourth-order valence-corrected chi connectivity index (χ4v) is 2.59. The van der Waals surface area contributed by atoms with E-state index in [0.717, 1.165) is 0 Å². The molecule has 0 radical (unpaired) electrons. The lowest BCUT2D eigenvalue weighted by atomic mass is 10.0. The summed E-state index contributed by atoms with van der Waals surface area (Å²) in [7, 11) is 1.46. The Balaban J connectivity index is 2.67. The molecule has 5 nitrogen and oxygen atoms in total. The van der Waals surface area contributed by atoms with Crippen LogP contribution in [0.1, 0.15) is 5.56 Å². The van der Waals surface area contributed by atoms with Crippen LogP contribution in [0.4, 0.5) is 0 Å². The average molecular weight is 307 g/mol. The Hall–Kier alpha value is -2.40. The second-order valence-corrected chi connectivity index (χ2v) is 5.04. The van der Waals surface area contributed by atoms with Gasteiger partial charge in [0.1, 0.15) is 28.2 Å². The zero-order chi connectivity index (χ0) is 15.3. The van der Waals surface area contributed by atoms with E-state index in [1.165, 1.54) is 19.2 Å². The molecule has 0 spiro atoms. The van der Waals surface area contributed by atoms with E-state index in [2.05, 4.69) is 0 Å². The molecule has 0 bridgehead atoms. The van der Waals surface area contributed by atoms with Crippen molar-refractivity contribution in [3.05, 3.63) is 39.2 Å². The zero-order valence-corrected chi connectivity index (χ0v) is 12.0. The molecular formula is C15H11ClO5. The predicted molar refractivity (Wildman–Crippen MR) is 79.6 cm³/mol. The Bertz CT molecular complexity index is 943. The lowest BCUT2D eigenvalue weighted by Crippen LogP contribution is -2.01. The van der Waals surface area contributed by atoms with E-state index >= 15 is 0 Å². The van der Waals surface area contributed by atoms with Gasteiger partial charge >= 0.3 is 5.63 Å². The Morgan fingerprint density at radius 2 is 1.86 bits per heavy atom. The summed E-state index contributed by atoms with van der Waals surface area (Å²) in [5.41, 5.74) is 0.0476. The topological polar surface area (TPSA) is 79.9 Å². The van der Waals surface area contributed by atoms with Gasteiger partial charge in [-0.1, -0.05) is 11.6 Å². The number of phenols is 2. The van der Waals surface area contributed by atoms with Crippen LogP contribution < -0.4 is 10.4 Å². The molecule has 0 aliphatic heterocycles. The first kappa shape index (κ1) is 13.6. The first-order chi connectivity index (χ1) is 9.93. The first-order valence-corrected chi connectivity index (χ1v) is 6.47. The summed E-state index contributed by atoms with van der Waals surface area (Å²) in [4.78, 5) is 12.0. The fourth-order valence-electron chi connectivity index (χ4n) is 2.44. The maximum atomic E-state index is 12.0. The van der Waals surface area contributed by atoms with Crippen LogP contribution in [0, 0.1) is 6.92 Å². The monoisotopic (exact) mass is 306 g/mol. The summed E-state index contributed by atoms with van der Waals surface area (Å²) in [6.45, 7) is 1.69. The minimum atomic E-state index is -0.696. The molecule has 0 amide bonds. The van der Waals surface area contributed by atoms with Crippen LogP contribution in [-0.4, -0.2) is 17.3 Å². The third-order valence-electron chi connectivity index (χ3n) is 3.45. The Morgan fingerprint density at radius 3 is 2.52 bits per heavy atom. The van der Waals surface area contributed by atoms with Crippen molar-refractivity contribution in [3.8, 4) is 17.2 Å². The van der Waals surface area contributed by atoms with Crippen LogP contribution in [0.15, 0.2) is 27.4 Å². The normalized spacial score (nSPS) is 11.2. The molecule has 0 saturated carbocycles. The highest BCUT2D eigenvalue weighted by Gasteiger charge is 2.17. The number of aromatic hydroxyl groups is 2. The summed E-state index contributed by atoms with van der Waals surface area (Å²) in [5, 5.41) is 21.0. The van der Waals surface area contributed by atoms with Crippen LogP contribution in [-0.2, 0) is 0 Å². The molecule has 2 aromatic carbocycles. The third-order valence-corrected chi connectivity index (χ3v) is 3.92. The highest BCUT2D eigenvalue weighted by Crippen LogP contribution is 2.39. The molecule has 1 heterocycles. The van der Waals surface area contributed by atoms with Crippen molar-refractivity contribution >= 4 is 33.3 Å². The van der Waals surface area contributed by atoms with Gasteiger partial charge in [0.25, 0.3) is 0 Å². The molecule has 6 heteroatoms. The maximum Gasteiger partial charge on any atom is 0.347 e. The average Bonchev–Trinajstić information content (AvgIpc) is 2.43. The first-order valence-electron chi connectivity index (χ1n) is 6.09. The molecule has 0 atom stereocenters. The van der Waals surface area contributed by atoms with Gasteiger partial charge in [-0.2, -0.15) is 0 Å². The van der Waals surface area contributed by atoms with Crippen molar-refractivity contribution in [2.24, 2.45) is 0 Å². The number of fused-ring (bicyclic) bond motifs is 3. The molecule has 3 aromatic rings. The Morgan fingerprint density at radius 1 is 1.14 bits per heavy atom. The summed E-state index contributed by atoms with van der Waals surface area (Å²) in [6.07, 6.45) is 0. The number of ether oxygens (including phenoxy) is 1. The van der Waals surface area contributed by atoms with E-state index in [4.69, 9.17) is 20.8 Å². The second kappa shape index (κ2) is 4.56. The molecule has 1 aromatic heterocycles. The SMILES string of the molecule is COc1cc(O)c2c(=O)oc3cc(O)c(Cl)c(C)c3c2c1. The predicted octanol–water partition coefficient (Wildman–Crippen LogP) is 3.33. The number of phenolic OH excluding ortho intramolecular Hbond substituents is 2. The lowest BCUT2D eigenvalue weighted by Gasteiger charge is -2.10. The van der Waals surface area contributed by atoms with Crippen LogP contribution in [0.2, 0.25) is 5.02 Å². The van der Waals surface area contributed by atoms with Crippen molar-refractivity contribution < 1.29 is 19.4 Å². The van der Waals surface area contributed by atoms with Crippen LogP contribution in [0.5, 0.6) is 17.2 Å². The van der Waals surface area contributed by atoms with Gasteiger partial charge in [0.2, 0.25) is 0 Å². The van der Waals surface area contributed by atoms with E-state index in [0.29, 0.717) is 22.1 Å². The van der Waals surface area contributed by atoms with Gasteiger partial charge in [-0.3, -0.25) is 0 Å². The second-order valence-electron chi connectivity index (χ2n) is 4.67. The molecule has 2 N–H and O–H groups in total. The Labute approximate surface area is 123 Å². The van der Waals surface area contributed by atoms with Crippen molar-refractivity contribution in [1.29, 1.82) is 0 Å². The van der Waals surface area contributed by atoms with Gasteiger partial charge < -0.3 is 19.4 Å². The van der Waals surface area contributed by atoms with E-state index in [9.17, 15) is 15.0 Å². The van der Waals surface area contributed by atoms with Gasteiger partial charge in [-0.25, -0.2) is 4.79 Å². The Kier molecular flexibility index (Phi) is 2.95. The zero-order valence-electron chi connectivity index (χ0n) is 11.2. The molecule has 0 fully saturated rings. The number of hydrogen-bond donors (Lipinski definition) is 2. The molecule has 0 unspecified atom stereocenters. The molecule has 0 aliphatic rings. The van der Waals surface area contributed by atoms with Crippen molar-refractivity contribution in [1.82, 2.24) is 0 Å². The number of benzene rings is 2. The van der Waals surface area contributed by atoms with E-state index in [1.54, 1.807) is 13.0 Å². The lowest BCUT2D eigenvalue weighted by molar-refractivity contribution is 0.409. The van der Waals surface area contributed by atoms with E-state index in [1.807, 2.05) is 0 Å². The quantitative estimate of drug-likeness (QED) is 0.532. The summed E-state index contributed by atoms with van der Waals surface area (Å²) < 4.78 is 10.3. The van der Waals surface area contributed by atoms with Crippen molar-refractivity contribution in [2.45, 2.75) is 6.92 Å². The number of hydrogen-bond acceptors (Lipinski definition) is 5. The van der Waals surface area contributed by atoms with Crippen molar-refractivity contribution in [2.75, 3.05) is 7.11 Å². The molecule has 108 valence electrons. The van der Waals surface area contributed by atoms with Gasteiger partial charge in [0.15, 0.2) is 0 Å². The van der Waals surface area contributed by atoms with Gasteiger partial charge in [-0.05, 0) is 18.6 Å². The van der Waals surface area contributed by atoms with Crippen LogP contribution >= 0.6 is 11.6 Å². The minimum Gasteiger partial charge on any atom is -0.507 e. The molecule has 21 heavy (non-hydrogen) atoms. The van der Waals surface area contributed by atoms with E-state index < -0.39 is 5.63 Å². The summed E-state index contributed by atoms with van der Waals surface area (Å²) in [5.74, 6) is -0.00428. The number of halogens is 1. The number of rotatable bonds is 1. The highest BCUT2D eigenvalue weighted by molar-refractivity contribution is 6.34. The van der Waals surface area contributed by atoms with Crippen LogP contribution in [0.3, 0.4) is 0 Å². The fraction of sp³-hybridized carbons (Fsp3) is 0.133. The molecule has 0 aliphatic carbocycles. The van der Waals surface area contributed by atoms with Gasteiger partial charge in [-0.15, -0.1) is 0 Å². The van der Waals surface area contributed by atoms with Crippen LogP contribution in [0.25, 0.3) is 21.7 Å². The maximum absolute atomic E-state index is 12.0. The van der Waals surface area contributed by atoms with Crippen molar-refractivity contribution in [3.63, 3.8) is 0 Å². The molecule has 3 rings (SSSR count). The number of aryl methyl sites for hydroxylation is 1. The van der Waals surface area contributed by atoms with Gasteiger partial charge in [0, 0.05) is 22.9 Å². The largest absolute Gasteiger partial charge is 0.507 e. The summed E-state index contributed by atoms with van der Waals surface area (Å²) >= 11 is 6.05. The molecular weight excluding hydrogens is 296 g/mol. The summed E-state index contributed by atoms with van der Waals surface area (Å²) in [6, 6.07) is 4.24. The molecule has 0 saturated heterocycles. The highest BCUT2D eigenvalue weighted by atomic mass is 35.5. The minimum absolute atomic E-state index is 0.0492. The number of methoxy groups -OCH3 is 1. The van der Waals surface area contributed by atoms with E-state index in [-0.39, 0.29) is 27.5 Å². The van der Waals surface area contributed by atoms with Gasteiger partial charge in [0.05, 0.1) is 12.1 Å². The third kappa shape index (κ3) is 1.89.